The van der Waals surface area contributed by atoms with Crippen LogP contribution >= 0.6 is 0 Å². The maximum Gasteiger partial charge on any atom is 0.319 e. The fraction of sp³-hybridized carbons (Fsp3) is 0.333. The van der Waals surface area contributed by atoms with Crippen LogP contribution in [0.1, 0.15) is 24.5 Å². The number of piperidine rings is 3. The highest BCUT2D eigenvalue weighted by atomic mass is 16.5. The summed E-state index contributed by atoms with van der Waals surface area (Å²) < 4.78 is 7.25. The third-order valence-electron chi connectivity index (χ3n) is 8.07. The Kier molecular flexibility index (Phi) is 6.30. The van der Waals surface area contributed by atoms with Crippen molar-refractivity contribution in [3.63, 3.8) is 0 Å². The van der Waals surface area contributed by atoms with Gasteiger partial charge < -0.3 is 15.4 Å². The lowest BCUT2D eigenvalue weighted by Crippen LogP contribution is -2.56. The van der Waals surface area contributed by atoms with Gasteiger partial charge in [0.15, 0.2) is 0 Å². The van der Waals surface area contributed by atoms with E-state index in [9.17, 15) is 4.79 Å². The molecule has 37 heavy (non-hydrogen) atoms. The predicted octanol–water partition coefficient (Wildman–Crippen LogP) is 5.25. The van der Waals surface area contributed by atoms with Crippen molar-refractivity contribution < 1.29 is 9.53 Å². The number of urea groups is 1. The molecule has 7 rings (SSSR count). The molecule has 0 aliphatic carbocycles. The number of rotatable bonds is 6. The maximum atomic E-state index is 12.5. The summed E-state index contributed by atoms with van der Waals surface area (Å²) in [6.07, 6.45) is 2.28. The number of nitrogens with one attached hydrogen (secondary N) is 2. The first kappa shape index (κ1) is 23.6. The predicted molar refractivity (Wildman–Crippen MR) is 147 cm³/mol. The van der Waals surface area contributed by atoms with E-state index in [-0.39, 0.29) is 6.03 Å². The van der Waals surface area contributed by atoms with Crippen LogP contribution in [-0.4, -0.2) is 53.5 Å². The first-order valence-electron chi connectivity index (χ1n) is 13.0. The van der Waals surface area contributed by atoms with E-state index in [0.717, 1.165) is 42.2 Å². The van der Waals surface area contributed by atoms with Crippen molar-refractivity contribution in [2.45, 2.75) is 24.8 Å². The summed E-state index contributed by atoms with van der Waals surface area (Å²) in [5.74, 6) is 1.83. The number of hydrogen-bond donors (Lipinski definition) is 2. The average Bonchev–Trinajstić information content (AvgIpc) is 3.33. The van der Waals surface area contributed by atoms with E-state index in [4.69, 9.17) is 9.84 Å². The van der Waals surface area contributed by atoms with Gasteiger partial charge >= 0.3 is 6.03 Å². The number of anilines is 1. The van der Waals surface area contributed by atoms with Crippen LogP contribution in [0.3, 0.4) is 0 Å². The van der Waals surface area contributed by atoms with Gasteiger partial charge in [-0.05, 0) is 72.5 Å². The van der Waals surface area contributed by atoms with Crippen molar-refractivity contribution in [1.29, 1.82) is 0 Å². The minimum atomic E-state index is -0.170. The van der Waals surface area contributed by atoms with Crippen LogP contribution in [0.2, 0.25) is 0 Å². The fourth-order valence-corrected chi connectivity index (χ4v) is 6.06. The summed E-state index contributed by atoms with van der Waals surface area (Å²) in [7, 11) is 3.70. The lowest BCUT2D eigenvalue weighted by atomic mass is 9.74. The van der Waals surface area contributed by atoms with Crippen molar-refractivity contribution in [3.05, 3.63) is 78.5 Å². The van der Waals surface area contributed by atoms with Gasteiger partial charge in [0.1, 0.15) is 5.75 Å². The molecular weight excluding hydrogens is 462 g/mol. The van der Waals surface area contributed by atoms with Crippen LogP contribution in [0, 0.1) is 5.92 Å². The SMILES string of the molecule is COc1ccc(NC(=O)NC[C@H]2C[C@@H]3CCN2C[C@H]3c2cc(-c3ccc4ccccc4c3)nn2C)cc1. The highest BCUT2D eigenvalue weighted by Crippen LogP contribution is 2.42. The third-order valence-corrected chi connectivity index (χ3v) is 8.07. The number of aryl methyl sites for hydroxylation is 1. The first-order valence-corrected chi connectivity index (χ1v) is 13.0. The van der Waals surface area contributed by atoms with E-state index in [2.05, 4.69) is 75.8 Å². The molecule has 4 aromatic rings. The average molecular weight is 496 g/mol. The van der Waals surface area contributed by atoms with Crippen molar-refractivity contribution in [3.8, 4) is 17.0 Å². The van der Waals surface area contributed by atoms with Crippen LogP contribution in [0.4, 0.5) is 10.5 Å². The van der Waals surface area contributed by atoms with Gasteiger partial charge in [-0.25, -0.2) is 4.79 Å². The molecule has 3 fully saturated rings. The van der Waals surface area contributed by atoms with Crippen molar-refractivity contribution in [1.82, 2.24) is 20.0 Å². The highest BCUT2D eigenvalue weighted by molar-refractivity contribution is 5.89. The summed E-state index contributed by atoms with van der Waals surface area (Å²) in [5, 5.41) is 13.4. The summed E-state index contributed by atoms with van der Waals surface area (Å²) >= 11 is 0. The second-order valence-corrected chi connectivity index (χ2v) is 10.2. The fourth-order valence-electron chi connectivity index (χ4n) is 6.06. The van der Waals surface area contributed by atoms with E-state index < -0.39 is 0 Å². The number of amides is 2. The van der Waals surface area contributed by atoms with E-state index in [1.807, 2.05) is 24.3 Å². The minimum Gasteiger partial charge on any atom is -0.497 e. The van der Waals surface area contributed by atoms with Gasteiger partial charge in [0.25, 0.3) is 0 Å². The molecule has 7 heteroatoms. The summed E-state index contributed by atoms with van der Waals surface area (Å²) in [5.41, 5.74) is 4.25. The molecule has 2 amide bonds. The number of benzene rings is 3. The number of carbonyl (C=O) groups is 1. The molecular formula is C30H33N5O2. The lowest BCUT2D eigenvalue weighted by Gasteiger charge is -2.49. The van der Waals surface area contributed by atoms with Gasteiger partial charge in [0.2, 0.25) is 0 Å². The summed E-state index contributed by atoms with van der Waals surface area (Å²) in [6, 6.07) is 24.9. The number of carbonyl (C=O) groups excluding carboxylic acids is 1. The van der Waals surface area contributed by atoms with E-state index >= 15 is 0 Å². The Hall–Kier alpha value is -3.84. The Morgan fingerprint density at radius 1 is 1.05 bits per heavy atom. The van der Waals surface area contributed by atoms with Crippen LogP contribution < -0.4 is 15.4 Å². The molecule has 3 aliphatic heterocycles. The Labute approximate surface area is 217 Å². The quantitative estimate of drug-likeness (QED) is 0.383. The molecule has 1 aromatic heterocycles. The molecule has 1 unspecified atom stereocenters. The minimum absolute atomic E-state index is 0.170. The van der Waals surface area contributed by atoms with Crippen molar-refractivity contribution in [2.24, 2.45) is 13.0 Å². The molecule has 2 bridgehead atoms. The second kappa shape index (κ2) is 9.90. The zero-order chi connectivity index (χ0) is 25.4. The molecule has 3 aromatic carbocycles. The number of ether oxygens (including phenoxy) is 1. The standard InChI is InChI=1S/C30H33N5O2/c1-34-29(17-28(33-34)23-8-7-20-5-3-4-6-21(20)15-23)27-19-35-14-13-22(27)16-25(35)18-31-30(36)32-24-9-11-26(37-2)12-10-24/h3-12,15,17,22,25,27H,13-14,16,18-19H2,1-2H3,(H2,31,32,36)/t22-,25+,27+/m0/s1. The molecule has 3 aliphatic rings. The first-order chi connectivity index (χ1) is 18.1. The van der Waals surface area contributed by atoms with Gasteiger partial charge in [0, 0.05) is 49.0 Å². The van der Waals surface area contributed by atoms with E-state index in [1.54, 1.807) is 7.11 Å². The Morgan fingerprint density at radius 3 is 2.62 bits per heavy atom. The van der Waals surface area contributed by atoms with Crippen molar-refractivity contribution >= 4 is 22.5 Å². The normalized spacial score (nSPS) is 22.6. The third kappa shape index (κ3) is 4.79. The van der Waals surface area contributed by atoms with E-state index in [1.165, 1.54) is 22.9 Å². The van der Waals surface area contributed by atoms with Gasteiger partial charge in [-0.1, -0.05) is 36.4 Å². The number of hydrogen-bond acceptors (Lipinski definition) is 4. The molecule has 0 saturated carbocycles. The smallest absolute Gasteiger partial charge is 0.319 e. The van der Waals surface area contributed by atoms with Gasteiger partial charge in [-0.3, -0.25) is 9.58 Å². The van der Waals surface area contributed by atoms with Crippen LogP contribution in [-0.2, 0) is 7.05 Å². The molecule has 190 valence electrons. The van der Waals surface area contributed by atoms with Crippen LogP contribution in [0.5, 0.6) is 5.75 Å². The number of fused-ring (bicyclic) bond motifs is 4. The van der Waals surface area contributed by atoms with Gasteiger partial charge in [-0.15, -0.1) is 0 Å². The molecule has 4 heterocycles. The van der Waals surface area contributed by atoms with Crippen LogP contribution in [0.15, 0.2) is 72.8 Å². The Morgan fingerprint density at radius 2 is 1.86 bits per heavy atom. The maximum absolute atomic E-state index is 12.5. The zero-order valence-corrected chi connectivity index (χ0v) is 21.4. The largest absolute Gasteiger partial charge is 0.497 e. The molecule has 0 spiro atoms. The van der Waals surface area contributed by atoms with Gasteiger partial charge in [0.05, 0.1) is 12.8 Å². The molecule has 4 atom stereocenters. The Bertz CT molecular complexity index is 1410. The second-order valence-electron chi connectivity index (χ2n) is 10.2. The molecule has 3 saturated heterocycles. The van der Waals surface area contributed by atoms with Crippen molar-refractivity contribution in [2.75, 3.05) is 32.1 Å². The van der Waals surface area contributed by atoms with E-state index in [0.29, 0.717) is 24.4 Å². The highest BCUT2D eigenvalue weighted by Gasteiger charge is 2.41. The zero-order valence-electron chi connectivity index (χ0n) is 21.4. The molecule has 7 nitrogen and oxygen atoms in total. The molecule has 0 radical (unpaired) electrons. The Balaban J connectivity index is 1.09. The number of aromatic nitrogens is 2. The molecule has 2 N–H and O–H groups in total. The monoisotopic (exact) mass is 495 g/mol. The number of nitrogens with zero attached hydrogens (tertiary/aromatic N) is 3. The summed E-state index contributed by atoms with van der Waals surface area (Å²) in [6.45, 7) is 2.75. The number of methoxy groups -OCH3 is 1. The topological polar surface area (TPSA) is 71.4 Å². The van der Waals surface area contributed by atoms with Crippen LogP contribution in [0.25, 0.3) is 22.0 Å². The summed E-state index contributed by atoms with van der Waals surface area (Å²) in [4.78, 5) is 15.0. The lowest BCUT2D eigenvalue weighted by molar-refractivity contribution is 0.0296. The van der Waals surface area contributed by atoms with Gasteiger partial charge in [-0.2, -0.15) is 5.10 Å².